The van der Waals surface area contributed by atoms with Crippen LogP contribution in [0.25, 0.3) is 0 Å². The summed E-state index contributed by atoms with van der Waals surface area (Å²) in [4.78, 5) is 14.3. The van der Waals surface area contributed by atoms with Crippen molar-refractivity contribution in [2.75, 3.05) is 7.05 Å². The predicted octanol–water partition coefficient (Wildman–Crippen LogP) is 3.78. The summed E-state index contributed by atoms with van der Waals surface area (Å²) in [5.41, 5.74) is 1.99. The smallest absolute Gasteiger partial charge is 0.312 e. The first-order chi connectivity index (χ1) is 12.8. The molecule has 27 heavy (non-hydrogen) atoms. The number of amides is 1. The van der Waals surface area contributed by atoms with E-state index in [4.69, 9.17) is 10.8 Å². The van der Waals surface area contributed by atoms with Crippen LogP contribution in [0.15, 0.2) is 42.5 Å². The Hall–Kier alpha value is -3.16. The molecule has 1 aliphatic heterocycles. The zero-order valence-corrected chi connectivity index (χ0v) is 14.3. The summed E-state index contributed by atoms with van der Waals surface area (Å²) in [6.07, 6.45) is -2.63. The fourth-order valence-corrected chi connectivity index (χ4v) is 3.01. The Balaban J connectivity index is 1.88. The number of nitrogens with one attached hydrogen (secondary N) is 2. The lowest BCUT2D eigenvalue weighted by atomic mass is 9.89. The van der Waals surface area contributed by atoms with E-state index in [-0.39, 0.29) is 23.3 Å². The van der Waals surface area contributed by atoms with E-state index in [0.29, 0.717) is 12.0 Å². The number of alkyl halides is 2. The van der Waals surface area contributed by atoms with Crippen LogP contribution < -0.4 is 0 Å². The van der Waals surface area contributed by atoms with E-state index in [1.165, 1.54) is 29.2 Å². The molecular formula is C19H16F3N3O2. The monoisotopic (exact) mass is 375 g/mol. The first-order valence-electron chi connectivity index (χ1n) is 8.07. The lowest BCUT2D eigenvalue weighted by Gasteiger charge is -2.34. The number of hydrogen-bond donors (Lipinski definition) is 2. The molecule has 1 unspecified atom stereocenters. The zero-order valence-electron chi connectivity index (χ0n) is 14.3. The number of ether oxygens (including phenoxy) is 1. The SMILES string of the molecule is CN1C(=O)c2cc(C(=N)OC(=N)C(F)F)ccc2CC1c1ccc(F)cc1. The molecule has 0 aliphatic carbocycles. The molecule has 0 radical (unpaired) electrons. The topological polar surface area (TPSA) is 77.2 Å². The average Bonchev–Trinajstić information content (AvgIpc) is 2.65. The minimum atomic E-state index is -3.12. The lowest BCUT2D eigenvalue weighted by Crippen LogP contribution is -2.37. The number of carbonyl (C=O) groups excluding carboxylic acids is 1. The van der Waals surface area contributed by atoms with Gasteiger partial charge in [-0.05, 0) is 41.8 Å². The first-order valence-corrected chi connectivity index (χ1v) is 8.07. The standard InChI is InChI=1S/C19H16F3N3O2/c1-25-15(10-4-6-13(20)7-5-10)9-11-2-3-12(8-14(11)19(25)26)17(23)27-18(24)16(21)22/h2-8,15-16,23-24H,9H2,1H3. The molecule has 2 N–H and O–H groups in total. The highest BCUT2D eigenvalue weighted by atomic mass is 19.3. The van der Waals surface area contributed by atoms with Crippen molar-refractivity contribution in [3.63, 3.8) is 0 Å². The number of carbonyl (C=O) groups is 1. The van der Waals surface area contributed by atoms with Crippen LogP contribution in [-0.2, 0) is 11.2 Å². The molecule has 0 saturated heterocycles. The van der Waals surface area contributed by atoms with Gasteiger partial charge in [0.25, 0.3) is 11.8 Å². The third-order valence-corrected chi connectivity index (χ3v) is 4.47. The number of halogens is 3. The van der Waals surface area contributed by atoms with Gasteiger partial charge >= 0.3 is 6.43 Å². The van der Waals surface area contributed by atoms with Crippen molar-refractivity contribution in [2.45, 2.75) is 18.9 Å². The third kappa shape index (κ3) is 3.69. The number of hydrogen-bond acceptors (Lipinski definition) is 4. The molecule has 0 saturated carbocycles. The molecule has 1 amide bonds. The normalized spacial score (nSPS) is 16.3. The fourth-order valence-electron chi connectivity index (χ4n) is 3.01. The molecule has 0 bridgehead atoms. The van der Waals surface area contributed by atoms with Crippen LogP contribution in [0.3, 0.4) is 0 Å². The van der Waals surface area contributed by atoms with Crippen molar-refractivity contribution >= 4 is 17.7 Å². The summed E-state index contributed by atoms with van der Waals surface area (Å²) in [5.74, 6) is -2.61. The molecular weight excluding hydrogens is 359 g/mol. The van der Waals surface area contributed by atoms with Crippen LogP contribution in [0.1, 0.15) is 33.1 Å². The summed E-state index contributed by atoms with van der Waals surface area (Å²) in [5, 5.41) is 14.7. The number of rotatable bonds is 3. The van der Waals surface area contributed by atoms with Crippen LogP contribution in [0.2, 0.25) is 0 Å². The van der Waals surface area contributed by atoms with E-state index in [2.05, 4.69) is 4.74 Å². The van der Waals surface area contributed by atoms with Crippen LogP contribution in [0.5, 0.6) is 0 Å². The molecule has 1 aliphatic rings. The third-order valence-electron chi connectivity index (χ3n) is 4.47. The van der Waals surface area contributed by atoms with Gasteiger partial charge in [0.05, 0.1) is 6.04 Å². The molecule has 140 valence electrons. The second kappa shape index (κ2) is 7.22. The molecule has 3 rings (SSSR count). The molecule has 0 spiro atoms. The van der Waals surface area contributed by atoms with Crippen LogP contribution in [-0.4, -0.2) is 36.1 Å². The molecule has 1 atom stereocenters. The van der Waals surface area contributed by atoms with Gasteiger partial charge in [0.1, 0.15) is 5.82 Å². The van der Waals surface area contributed by atoms with E-state index < -0.39 is 18.2 Å². The molecule has 0 fully saturated rings. The van der Waals surface area contributed by atoms with Crippen molar-refractivity contribution in [1.29, 1.82) is 10.8 Å². The number of fused-ring (bicyclic) bond motifs is 1. The Morgan fingerprint density at radius 1 is 1.19 bits per heavy atom. The van der Waals surface area contributed by atoms with Gasteiger partial charge in [-0.2, -0.15) is 8.78 Å². The summed E-state index contributed by atoms with van der Waals surface area (Å²) in [6.45, 7) is 0. The van der Waals surface area contributed by atoms with Crippen molar-refractivity contribution in [2.24, 2.45) is 0 Å². The highest BCUT2D eigenvalue weighted by molar-refractivity contribution is 6.03. The zero-order chi connectivity index (χ0) is 19.7. The molecule has 2 aromatic rings. The van der Waals surface area contributed by atoms with Crippen LogP contribution in [0.4, 0.5) is 13.2 Å². The van der Waals surface area contributed by atoms with Gasteiger partial charge in [-0.3, -0.25) is 15.6 Å². The highest BCUT2D eigenvalue weighted by Gasteiger charge is 2.31. The summed E-state index contributed by atoms with van der Waals surface area (Å²) < 4.78 is 42.4. The maximum absolute atomic E-state index is 13.2. The average molecular weight is 375 g/mol. The van der Waals surface area contributed by atoms with E-state index in [9.17, 15) is 18.0 Å². The van der Waals surface area contributed by atoms with E-state index in [1.54, 1.807) is 25.2 Å². The lowest BCUT2D eigenvalue weighted by molar-refractivity contribution is 0.0705. The maximum atomic E-state index is 13.2. The van der Waals surface area contributed by atoms with Gasteiger partial charge in [0.15, 0.2) is 0 Å². The fraction of sp³-hybridized carbons (Fsp3) is 0.211. The van der Waals surface area contributed by atoms with Crippen molar-refractivity contribution in [3.8, 4) is 0 Å². The van der Waals surface area contributed by atoms with Crippen molar-refractivity contribution < 1.29 is 22.7 Å². The Labute approximate surface area is 153 Å². The molecule has 8 heteroatoms. The van der Waals surface area contributed by atoms with E-state index in [0.717, 1.165) is 11.1 Å². The van der Waals surface area contributed by atoms with Gasteiger partial charge in [0.2, 0.25) is 5.90 Å². The van der Waals surface area contributed by atoms with Crippen LogP contribution >= 0.6 is 0 Å². The minimum Gasteiger partial charge on any atom is -0.419 e. The van der Waals surface area contributed by atoms with Crippen molar-refractivity contribution in [1.82, 2.24) is 4.90 Å². The Bertz CT molecular complexity index is 913. The second-order valence-electron chi connectivity index (χ2n) is 6.16. The largest absolute Gasteiger partial charge is 0.419 e. The molecule has 0 aromatic heterocycles. The highest BCUT2D eigenvalue weighted by Crippen LogP contribution is 2.32. The second-order valence-corrected chi connectivity index (χ2v) is 6.16. The number of nitrogens with zero attached hydrogens (tertiary/aromatic N) is 1. The molecule has 1 heterocycles. The quantitative estimate of drug-likeness (QED) is 0.633. The Morgan fingerprint density at radius 3 is 2.48 bits per heavy atom. The van der Waals surface area contributed by atoms with Gasteiger partial charge in [-0.1, -0.05) is 18.2 Å². The van der Waals surface area contributed by atoms with Gasteiger partial charge in [0, 0.05) is 18.2 Å². The van der Waals surface area contributed by atoms with Crippen LogP contribution in [0, 0.1) is 16.6 Å². The van der Waals surface area contributed by atoms with Gasteiger partial charge in [-0.25, -0.2) is 4.39 Å². The first kappa shape index (κ1) is 18.6. The number of benzene rings is 2. The summed E-state index contributed by atoms with van der Waals surface area (Å²) >= 11 is 0. The molecule has 5 nitrogen and oxygen atoms in total. The predicted molar refractivity (Wildman–Crippen MR) is 93.0 cm³/mol. The Kier molecular flexibility index (Phi) is 4.98. The van der Waals surface area contributed by atoms with Gasteiger partial charge in [-0.15, -0.1) is 0 Å². The molecule has 2 aromatic carbocycles. The van der Waals surface area contributed by atoms with E-state index in [1.807, 2.05) is 0 Å². The maximum Gasteiger partial charge on any atom is 0.312 e. The summed E-state index contributed by atoms with van der Waals surface area (Å²) in [7, 11) is 1.63. The van der Waals surface area contributed by atoms with Gasteiger partial charge < -0.3 is 9.64 Å². The number of likely N-dealkylation sites (N-methyl/N-ethyl adjacent to an activating group) is 1. The Morgan fingerprint density at radius 2 is 1.85 bits per heavy atom. The van der Waals surface area contributed by atoms with E-state index >= 15 is 0 Å². The minimum absolute atomic E-state index is 0.126. The summed E-state index contributed by atoms with van der Waals surface area (Å²) in [6, 6.07) is 10.2. The van der Waals surface area contributed by atoms with Crippen molar-refractivity contribution in [3.05, 3.63) is 70.5 Å².